The Morgan fingerprint density at radius 2 is 2.24 bits per heavy atom. The molecule has 0 heterocycles. The fraction of sp³-hybridized carbons (Fsp3) is 0.400. The molecule has 2 heteroatoms. The summed E-state index contributed by atoms with van der Waals surface area (Å²) in [4.78, 5) is 11.9. The molecular weight excluding hydrogens is 212 g/mol. The first-order chi connectivity index (χ1) is 8.01. The number of hydrogen-bond donors (Lipinski definition) is 0. The molecule has 0 saturated carbocycles. The van der Waals surface area contributed by atoms with Crippen molar-refractivity contribution in [1.82, 2.24) is 0 Å². The molecule has 0 bridgehead atoms. The van der Waals surface area contributed by atoms with Crippen LogP contribution in [0.2, 0.25) is 0 Å². The van der Waals surface area contributed by atoms with E-state index in [1.165, 1.54) is 5.56 Å². The first-order valence-corrected chi connectivity index (χ1v) is 5.88. The minimum Gasteiger partial charge on any atom is -0.465 e. The largest absolute Gasteiger partial charge is 0.465 e. The van der Waals surface area contributed by atoms with Crippen molar-refractivity contribution in [2.75, 3.05) is 6.61 Å². The average molecular weight is 232 g/mol. The molecular formula is C15H20O2. The monoisotopic (exact) mass is 232 g/mol. The zero-order chi connectivity index (χ0) is 12.9. The molecule has 1 aromatic carbocycles. The van der Waals surface area contributed by atoms with Gasteiger partial charge < -0.3 is 4.74 Å². The molecule has 17 heavy (non-hydrogen) atoms. The average Bonchev–Trinajstić information content (AvgIpc) is 2.29. The van der Waals surface area contributed by atoms with Crippen molar-refractivity contribution in [3.63, 3.8) is 0 Å². The second kappa shape index (κ2) is 5.67. The van der Waals surface area contributed by atoms with Gasteiger partial charge in [0.2, 0.25) is 0 Å². The van der Waals surface area contributed by atoms with Crippen LogP contribution in [0.3, 0.4) is 0 Å². The highest BCUT2D eigenvalue weighted by Gasteiger charge is 2.31. The zero-order valence-corrected chi connectivity index (χ0v) is 10.8. The molecule has 0 aliphatic rings. The number of esters is 1. The lowest BCUT2D eigenvalue weighted by atomic mass is 9.83. The van der Waals surface area contributed by atoms with Gasteiger partial charge >= 0.3 is 5.97 Å². The zero-order valence-electron chi connectivity index (χ0n) is 10.8. The van der Waals surface area contributed by atoms with Crippen molar-refractivity contribution in [2.45, 2.75) is 27.2 Å². The summed E-state index contributed by atoms with van der Waals surface area (Å²) in [6.45, 7) is 9.87. The van der Waals surface area contributed by atoms with Crippen molar-refractivity contribution in [2.24, 2.45) is 5.41 Å². The molecule has 0 aromatic heterocycles. The smallest absolute Gasteiger partial charge is 0.315 e. The highest BCUT2D eigenvalue weighted by Crippen LogP contribution is 2.26. The maximum Gasteiger partial charge on any atom is 0.315 e. The van der Waals surface area contributed by atoms with Crippen LogP contribution in [0.4, 0.5) is 0 Å². The van der Waals surface area contributed by atoms with Gasteiger partial charge in [-0.2, -0.15) is 0 Å². The van der Waals surface area contributed by atoms with E-state index in [9.17, 15) is 4.79 Å². The number of ether oxygens (including phenoxy) is 1. The summed E-state index contributed by atoms with van der Waals surface area (Å²) in [5.41, 5.74) is 1.67. The second-order valence-corrected chi connectivity index (χ2v) is 4.51. The molecule has 2 nitrogen and oxygen atoms in total. The summed E-state index contributed by atoms with van der Waals surface area (Å²) in [6, 6.07) is 8.15. The topological polar surface area (TPSA) is 26.3 Å². The van der Waals surface area contributed by atoms with Crippen LogP contribution in [0, 0.1) is 12.3 Å². The SMILES string of the molecule is C=CC(C)(Cc1cccc(C)c1)C(=O)OCC. The molecule has 0 saturated heterocycles. The maximum absolute atomic E-state index is 11.9. The van der Waals surface area contributed by atoms with Gasteiger partial charge in [0.25, 0.3) is 0 Å². The minimum absolute atomic E-state index is 0.212. The van der Waals surface area contributed by atoms with Crippen LogP contribution in [0.15, 0.2) is 36.9 Å². The third-order valence-electron chi connectivity index (χ3n) is 2.85. The van der Waals surface area contributed by atoms with E-state index >= 15 is 0 Å². The van der Waals surface area contributed by atoms with Gasteiger partial charge in [-0.25, -0.2) is 0 Å². The molecule has 1 unspecified atom stereocenters. The summed E-state index contributed by atoms with van der Waals surface area (Å²) in [7, 11) is 0. The standard InChI is InChI=1S/C15H20O2/c1-5-15(4,14(16)17-6-2)11-13-9-7-8-12(3)10-13/h5,7-10H,1,6,11H2,2-4H3. The van der Waals surface area contributed by atoms with Crippen LogP contribution in [0.25, 0.3) is 0 Å². The van der Waals surface area contributed by atoms with Crippen molar-refractivity contribution in [1.29, 1.82) is 0 Å². The summed E-state index contributed by atoms with van der Waals surface area (Å²) in [5, 5.41) is 0. The highest BCUT2D eigenvalue weighted by atomic mass is 16.5. The van der Waals surface area contributed by atoms with E-state index in [0.29, 0.717) is 13.0 Å². The summed E-state index contributed by atoms with van der Waals surface area (Å²) >= 11 is 0. The molecule has 0 fully saturated rings. The van der Waals surface area contributed by atoms with E-state index < -0.39 is 5.41 Å². The third-order valence-corrected chi connectivity index (χ3v) is 2.85. The van der Waals surface area contributed by atoms with E-state index in [4.69, 9.17) is 4.74 Å². The predicted molar refractivity (Wildman–Crippen MR) is 69.8 cm³/mol. The Morgan fingerprint density at radius 3 is 2.76 bits per heavy atom. The van der Waals surface area contributed by atoms with E-state index in [-0.39, 0.29) is 5.97 Å². The van der Waals surface area contributed by atoms with Gasteiger partial charge in [-0.3, -0.25) is 4.79 Å². The summed E-state index contributed by atoms with van der Waals surface area (Å²) in [5.74, 6) is -0.212. The summed E-state index contributed by atoms with van der Waals surface area (Å²) in [6.07, 6.45) is 2.30. The molecule has 0 radical (unpaired) electrons. The second-order valence-electron chi connectivity index (χ2n) is 4.51. The molecule has 0 N–H and O–H groups in total. The predicted octanol–water partition coefficient (Wildman–Crippen LogP) is 3.29. The van der Waals surface area contributed by atoms with Crippen LogP contribution in [0.5, 0.6) is 0 Å². The molecule has 1 rings (SSSR count). The number of carbonyl (C=O) groups excluding carboxylic acids is 1. The quantitative estimate of drug-likeness (QED) is 0.575. The fourth-order valence-corrected chi connectivity index (χ4v) is 1.77. The number of benzene rings is 1. The van der Waals surface area contributed by atoms with Crippen LogP contribution >= 0.6 is 0 Å². The van der Waals surface area contributed by atoms with Gasteiger partial charge in [0.05, 0.1) is 12.0 Å². The Kier molecular flexibility index (Phi) is 4.50. The van der Waals surface area contributed by atoms with Gasteiger partial charge in [0.15, 0.2) is 0 Å². The third kappa shape index (κ3) is 3.45. The van der Waals surface area contributed by atoms with Gasteiger partial charge in [-0.05, 0) is 32.8 Å². The maximum atomic E-state index is 11.9. The lowest BCUT2D eigenvalue weighted by Crippen LogP contribution is -2.30. The van der Waals surface area contributed by atoms with Gasteiger partial charge in [-0.15, -0.1) is 6.58 Å². The Bertz CT molecular complexity index is 409. The molecule has 1 aromatic rings. The van der Waals surface area contributed by atoms with E-state index in [0.717, 1.165) is 5.56 Å². The molecule has 0 aliphatic heterocycles. The first-order valence-electron chi connectivity index (χ1n) is 5.88. The minimum atomic E-state index is -0.649. The molecule has 0 spiro atoms. The Hall–Kier alpha value is -1.57. The lowest BCUT2D eigenvalue weighted by Gasteiger charge is -2.23. The van der Waals surface area contributed by atoms with Crippen LogP contribution < -0.4 is 0 Å². The Labute approximate surface area is 103 Å². The van der Waals surface area contributed by atoms with Gasteiger partial charge in [-0.1, -0.05) is 35.9 Å². The van der Waals surface area contributed by atoms with Gasteiger partial charge in [0.1, 0.15) is 0 Å². The lowest BCUT2D eigenvalue weighted by molar-refractivity contribution is -0.151. The Morgan fingerprint density at radius 1 is 1.53 bits per heavy atom. The van der Waals surface area contributed by atoms with E-state index in [1.54, 1.807) is 6.08 Å². The normalized spacial score (nSPS) is 13.8. The first kappa shape index (κ1) is 13.5. The van der Waals surface area contributed by atoms with Crippen molar-refractivity contribution < 1.29 is 9.53 Å². The highest BCUT2D eigenvalue weighted by molar-refractivity contribution is 5.79. The van der Waals surface area contributed by atoms with Crippen LogP contribution in [-0.4, -0.2) is 12.6 Å². The van der Waals surface area contributed by atoms with Crippen LogP contribution in [-0.2, 0) is 16.0 Å². The molecule has 1 atom stereocenters. The van der Waals surface area contributed by atoms with Crippen molar-refractivity contribution in [3.8, 4) is 0 Å². The number of rotatable bonds is 5. The number of carbonyl (C=O) groups is 1. The van der Waals surface area contributed by atoms with E-state index in [1.807, 2.05) is 39.0 Å². The summed E-state index contributed by atoms with van der Waals surface area (Å²) < 4.78 is 5.09. The molecule has 0 amide bonds. The number of hydrogen-bond acceptors (Lipinski definition) is 2. The fourth-order valence-electron chi connectivity index (χ4n) is 1.77. The number of aryl methyl sites for hydroxylation is 1. The Balaban J connectivity index is 2.89. The molecule has 0 aliphatic carbocycles. The molecule has 92 valence electrons. The van der Waals surface area contributed by atoms with Gasteiger partial charge in [0, 0.05) is 0 Å². The van der Waals surface area contributed by atoms with Crippen LogP contribution in [0.1, 0.15) is 25.0 Å². The van der Waals surface area contributed by atoms with E-state index in [2.05, 4.69) is 12.6 Å². The van der Waals surface area contributed by atoms with Crippen molar-refractivity contribution in [3.05, 3.63) is 48.0 Å². The van der Waals surface area contributed by atoms with Crippen molar-refractivity contribution >= 4 is 5.97 Å².